The molecule has 2 aliphatic rings. The molecule has 0 heterocycles. The van der Waals surface area contributed by atoms with E-state index in [4.69, 9.17) is 5.73 Å². The minimum absolute atomic E-state index is 0.00880. The molecule has 0 aliphatic heterocycles. The summed E-state index contributed by atoms with van der Waals surface area (Å²) in [6, 6.07) is 4.54. The summed E-state index contributed by atoms with van der Waals surface area (Å²) in [6.45, 7) is 17.2. The maximum Gasteiger partial charge on any atom is 0.270 e. The molecule has 1 amide bonds. The third-order valence-corrected chi connectivity index (χ3v) is 5.97. The molecule has 1 radical (unpaired) electrons. The molecule has 1 atom stereocenters. The molecule has 2 aliphatic carbocycles. The summed E-state index contributed by atoms with van der Waals surface area (Å²) >= 11 is 0. The number of carbonyl (C=O) groups excluding carboxylic acids is 1. The number of rotatable bonds is 3. The molecule has 1 N–H and O–H groups in total. The van der Waals surface area contributed by atoms with Crippen molar-refractivity contribution in [2.75, 3.05) is 0 Å². The maximum absolute atomic E-state index is 12.2. The van der Waals surface area contributed by atoms with Crippen LogP contribution in [-0.4, -0.2) is 5.91 Å². The SMILES string of the molecule is C=C1C(C)=C(c2cc(C(C)(C)C)cc3c2CC(CC)=C3)C(C([NH])=O)=CC1C. The third-order valence-electron chi connectivity index (χ3n) is 5.97. The second-order valence-corrected chi connectivity index (χ2v) is 8.90. The Balaban J connectivity index is 2.32. The second kappa shape index (κ2) is 6.67. The van der Waals surface area contributed by atoms with E-state index in [1.54, 1.807) is 0 Å². The van der Waals surface area contributed by atoms with Crippen molar-refractivity contribution >= 4 is 17.6 Å². The summed E-state index contributed by atoms with van der Waals surface area (Å²) in [4.78, 5) is 12.2. The van der Waals surface area contributed by atoms with E-state index in [-0.39, 0.29) is 11.3 Å². The Bertz CT molecular complexity index is 932. The van der Waals surface area contributed by atoms with Crippen molar-refractivity contribution in [3.8, 4) is 0 Å². The number of fused-ring (bicyclic) bond motifs is 1. The summed E-state index contributed by atoms with van der Waals surface area (Å²) in [5, 5.41) is 0. The largest absolute Gasteiger partial charge is 0.270 e. The molecule has 2 heteroatoms. The molecule has 27 heavy (non-hydrogen) atoms. The van der Waals surface area contributed by atoms with Gasteiger partial charge in [-0.15, -0.1) is 0 Å². The van der Waals surface area contributed by atoms with Gasteiger partial charge < -0.3 is 0 Å². The highest BCUT2D eigenvalue weighted by atomic mass is 16.1. The Hall–Kier alpha value is -2.35. The van der Waals surface area contributed by atoms with Crippen molar-refractivity contribution in [1.82, 2.24) is 5.73 Å². The summed E-state index contributed by atoms with van der Waals surface area (Å²) in [5.74, 6) is -0.526. The maximum atomic E-state index is 12.2. The van der Waals surface area contributed by atoms with Gasteiger partial charge in [-0.25, -0.2) is 0 Å². The van der Waals surface area contributed by atoms with Crippen molar-refractivity contribution in [2.24, 2.45) is 5.92 Å². The predicted octanol–water partition coefficient (Wildman–Crippen LogP) is 6.05. The van der Waals surface area contributed by atoms with Crippen molar-refractivity contribution in [3.05, 3.63) is 69.3 Å². The zero-order chi connectivity index (χ0) is 20.1. The number of nitrogens with one attached hydrogen (secondary N) is 1. The van der Waals surface area contributed by atoms with E-state index in [9.17, 15) is 4.79 Å². The molecule has 2 nitrogen and oxygen atoms in total. The standard InChI is InChI=1S/C25H30NO/c1-8-17-10-18-12-19(25(5,6)7)13-21(20(18)11-17)23-16(4)15(3)14(2)9-22(23)24(26)27/h9-10,12-14,26H,3,8,11H2,1-2,4-7H3. The van der Waals surface area contributed by atoms with Crippen molar-refractivity contribution in [3.63, 3.8) is 0 Å². The minimum atomic E-state index is -0.611. The lowest BCUT2D eigenvalue weighted by Gasteiger charge is -2.28. The molecule has 1 aromatic rings. The minimum Gasteiger partial charge on any atom is -0.267 e. The Morgan fingerprint density at radius 3 is 2.52 bits per heavy atom. The average molecular weight is 361 g/mol. The summed E-state index contributed by atoms with van der Waals surface area (Å²) in [7, 11) is 0. The van der Waals surface area contributed by atoms with Gasteiger partial charge in [0, 0.05) is 5.57 Å². The normalized spacial score (nSPS) is 19.8. The van der Waals surface area contributed by atoms with E-state index in [2.05, 4.69) is 52.5 Å². The van der Waals surface area contributed by atoms with Gasteiger partial charge in [-0.05, 0) is 70.1 Å². The van der Waals surface area contributed by atoms with E-state index < -0.39 is 5.91 Å². The lowest BCUT2D eigenvalue weighted by atomic mass is 9.76. The first-order chi connectivity index (χ1) is 12.5. The van der Waals surface area contributed by atoms with Crippen molar-refractivity contribution in [2.45, 2.75) is 59.8 Å². The smallest absolute Gasteiger partial charge is 0.267 e. The molecule has 0 saturated heterocycles. The van der Waals surface area contributed by atoms with Crippen molar-refractivity contribution in [1.29, 1.82) is 0 Å². The van der Waals surface area contributed by atoms with Crippen LogP contribution in [0.4, 0.5) is 0 Å². The van der Waals surface area contributed by atoms with Crippen LogP contribution in [0.5, 0.6) is 0 Å². The molecule has 1 aromatic carbocycles. The molecule has 0 fully saturated rings. The Kier molecular flexibility index (Phi) is 4.80. The van der Waals surface area contributed by atoms with Gasteiger partial charge in [-0.2, -0.15) is 0 Å². The molecule has 0 saturated carbocycles. The van der Waals surface area contributed by atoms with Crippen LogP contribution in [0.2, 0.25) is 0 Å². The van der Waals surface area contributed by atoms with E-state index in [1.807, 2.05) is 19.9 Å². The fraction of sp³-hybridized carbons (Fsp3) is 0.400. The molecule has 0 aromatic heterocycles. The first-order valence-corrected chi connectivity index (χ1v) is 9.80. The first kappa shape index (κ1) is 19.4. The van der Waals surface area contributed by atoms with Gasteiger partial charge >= 0.3 is 0 Å². The van der Waals surface area contributed by atoms with Gasteiger partial charge in [0.05, 0.1) is 0 Å². The molecule has 3 rings (SSSR count). The summed E-state index contributed by atoms with van der Waals surface area (Å²) < 4.78 is 0. The topological polar surface area (TPSA) is 40.9 Å². The van der Waals surface area contributed by atoms with Gasteiger partial charge in [-0.1, -0.05) is 71.1 Å². The monoisotopic (exact) mass is 360 g/mol. The van der Waals surface area contributed by atoms with Crippen LogP contribution >= 0.6 is 0 Å². The van der Waals surface area contributed by atoms with Crippen LogP contribution in [0.15, 0.2) is 47.1 Å². The van der Waals surface area contributed by atoms with Crippen LogP contribution in [0.3, 0.4) is 0 Å². The zero-order valence-corrected chi connectivity index (χ0v) is 17.4. The number of hydrogen-bond donors (Lipinski definition) is 0. The Morgan fingerprint density at radius 2 is 1.96 bits per heavy atom. The fourth-order valence-corrected chi connectivity index (χ4v) is 4.08. The van der Waals surface area contributed by atoms with E-state index >= 15 is 0 Å². The molecular weight excluding hydrogens is 330 g/mol. The molecule has 0 spiro atoms. The molecular formula is C25H30NO. The second-order valence-electron chi connectivity index (χ2n) is 8.90. The third kappa shape index (κ3) is 3.34. The quantitative estimate of drug-likeness (QED) is 0.647. The van der Waals surface area contributed by atoms with Crippen LogP contribution in [0.25, 0.3) is 11.6 Å². The zero-order valence-electron chi connectivity index (χ0n) is 17.4. The van der Waals surface area contributed by atoms with E-state index in [1.165, 1.54) is 22.3 Å². The van der Waals surface area contributed by atoms with Crippen molar-refractivity contribution < 1.29 is 4.79 Å². The highest BCUT2D eigenvalue weighted by Crippen LogP contribution is 2.44. The number of hydrogen-bond acceptors (Lipinski definition) is 1. The average Bonchev–Trinajstić information content (AvgIpc) is 3.01. The molecule has 0 bridgehead atoms. The van der Waals surface area contributed by atoms with Crippen LogP contribution in [0.1, 0.15) is 70.2 Å². The molecule has 141 valence electrons. The van der Waals surface area contributed by atoms with Crippen LogP contribution in [0, 0.1) is 5.92 Å². The fourth-order valence-electron chi connectivity index (χ4n) is 4.08. The number of benzene rings is 1. The lowest BCUT2D eigenvalue weighted by Crippen LogP contribution is -2.17. The van der Waals surface area contributed by atoms with E-state index in [0.29, 0.717) is 5.57 Å². The predicted molar refractivity (Wildman–Crippen MR) is 114 cm³/mol. The van der Waals surface area contributed by atoms with Gasteiger partial charge in [-0.3, -0.25) is 10.5 Å². The lowest BCUT2D eigenvalue weighted by molar-refractivity contribution is -0.114. The first-order valence-electron chi connectivity index (χ1n) is 9.80. The number of allylic oxidation sites excluding steroid dienone is 4. The number of carbonyl (C=O) groups is 1. The highest BCUT2D eigenvalue weighted by Gasteiger charge is 2.30. The van der Waals surface area contributed by atoms with E-state index in [0.717, 1.165) is 35.1 Å². The Morgan fingerprint density at radius 1 is 1.30 bits per heavy atom. The number of amides is 1. The molecule has 1 unspecified atom stereocenters. The Labute approximate surface area is 163 Å². The van der Waals surface area contributed by atoms with Gasteiger partial charge in [0.2, 0.25) is 0 Å². The van der Waals surface area contributed by atoms with Crippen LogP contribution in [-0.2, 0) is 16.6 Å². The summed E-state index contributed by atoms with van der Waals surface area (Å²) in [5.41, 5.74) is 17.7. The van der Waals surface area contributed by atoms with Gasteiger partial charge in [0.15, 0.2) is 0 Å². The van der Waals surface area contributed by atoms with Crippen LogP contribution < -0.4 is 5.73 Å². The van der Waals surface area contributed by atoms with Gasteiger partial charge in [0.25, 0.3) is 5.91 Å². The summed E-state index contributed by atoms with van der Waals surface area (Å²) in [6.07, 6.45) is 6.17. The highest BCUT2D eigenvalue weighted by molar-refractivity contribution is 6.10. The van der Waals surface area contributed by atoms with Gasteiger partial charge in [0.1, 0.15) is 0 Å².